The van der Waals surface area contributed by atoms with Gasteiger partial charge >= 0.3 is 5.97 Å². The first-order chi connectivity index (χ1) is 13.5. The number of carbonyl (C=O) groups is 2. The summed E-state index contributed by atoms with van der Waals surface area (Å²) in [5.41, 5.74) is 4.11. The van der Waals surface area contributed by atoms with Gasteiger partial charge in [0.2, 0.25) is 0 Å². The summed E-state index contributed by atoms with van der Waals surface area (Å²) >= 11 is 0. The fourth-order valence-electron chi connectivity index (χ4n) is 3.80. The average Bonchev–Trinajstić information content (AvgIpc) is 3.04. The Labute approximate surface area is 162 Å². The third-order valence-corrected chi connectivity index (χ3v) is 5.25. The number of esters is 1. The molecule has 4 rings (SSSR count). The molecular formula is C23H20FNO3. The summed E-state index contributed by atoms with van der Waals surface area (Å²) in [5.74, 6) is -0.814. The van der Waals surface area contributed by atoms with Crippen LogP contribution in [0.3, 0.4) is 0 Å². The van der Waals surface area contributed by atoms with Gasteiger partial charge in [-0.2, -0.15) is 0 Å². The second-order valence-electron chi connectivity index (χ2n) is 7.12. The van der Waals surface area contributed by atoms with Crippen molar-refractivity contribution >= 4 is 11.8 Å². The summed E-state index contributed by atoms with van der Waals surface area (Å²) in [5, 5.41) is 0. The van der Waals surface area contributed by atoms with Crippen molar-refractivity contribution in [1.82, 2.24) is 4.98 Å². The molecule has 2 aromatic carbocycles. The normalized spacial score (nSPS) is 15.9. The SMILES string of the molecule is Cc1c(C(=O)OCc2ccccc2)[nH]c2c1C(=O)C[C@H](c1ccc(F)cc1)C2. The second-order valence-corrected chi connectivity index (χ2v) is 7.12. The molecule has 0 saturated carbocycles. The van der Waals surface area contributed by atoms with Gasteiger partial charge in [-0.25, -0.2) is 9.18 Å². The Hall–Kier alpha value is -3.21. The van der Waals surface area contributed by atoms with Gasteiger partial charge in [-0.1, -0.05) is 42.5 Å². The van der Waals surface area contributed by atoms with E-state index >= 15 is 0 Å². The molecule has 0 saturated heterocycles. The lowest BCUT2D eigenvalue weighted by atomic mass is 9.81. The lowest BCUT2D eigenvalue weighted by Crippen LogP contribution is -2.18. The molecule has 1 aliphatic rings. The van der Waals surface area contributed by atoms with Gasteiger partial charge < -0.3 is 9.72 Å². The van der Waals surface area contributed by atoms with Crippen LogP contribution >= 0.6 is 0 Å². The lowest BCUT2D eigenvalue weighted by molar-refractivity contribution is 0.0465. The number of halogens is 1. The second kappa shape index (κ2) is 7.43. The number of nitrogens with one attached hydrogen (secondary N) is 1. The molecule has 142 valence electrons. The third kappa shape index (κ3) is 3.48. The molecule has 1 aliphatic carbocycles. The summed E-state index contributed by atoms with van der Waals surface area (Å²) in [7, 11) is 0. The van der Waals surface area contributed by atoms with Crippen LogP contribution in [0.4, 0.5) is 4.39 Å². The maximum Gasteiger partial charge on any atom is 0.355 e. The number of aromatic amines is 1. The van der Waals surface area contributed by atoms with Crippen LogP contribution in [0.15, 0.2) is 54.6 Å². The van der Waals surface area contributed by atoms with Crippen LogP contribution in [0.2, 0.25) is 0 Å². The van der Waals surface area contributed by atoms with Crippen LogP contribution in [-0.4, -0.2) is 16.7 Å². The first-order valence-electron chi connectivity index (χ1n) is 9.24. The van der Waals surface area contributed by atoms with Crippen molar-refractivity contribution in [2.45, 2.75) is 32.3 Å². The number of hydrogen-bond donors (Lipinski definition) is 1. The van der Waals surface area contributed by atoms with Crippen molar-refractivity contribution in [3.63, 3.8) is 0 Å². The maximum atomic E-state index is 13.2. The molecule has 1 N–H and O–H groups in total. The summed E-state index contributed by atoms with van der Waals surface area (Å²) in [6.45, 7) is 1.94. The van der Waals surface area contributed by atoms with E-state index in [1.54, 1.807) is 19.1 Å². The Balaban J connectivity index is 1.55. The van der Waals surface area contributed by atoms with E-state index in [-0.39, 0.29) is 24.1 Å². The van der Waals surface area contributed by atoms with Crippen LogP contribution in [0, 0.1) is 12.7 Å². The van der Waals surface area contributed by atoms with Gasteiger partial charge in [0, 0.05) is 17.7 Å². The number of benzene rings is 2. The predicted molar refractivity (Wildman–Crippen MR) is 103 cm³/mol. The van der Waals surface area contributed by atoms with Gasteiger partial charge in [0.25, 0.3) is 0 Å². The van der Waals surface area contributed by atoms with E-state index in [0.29, 0.717) is 29.7 Å². The summed E-state index contributed by atoms with van der Waals surface area (Å²) < 4.78 is 18.6. The Kier molecular flexibility index (Phi) is 4.82. The predicted octanol–water partition coefficient (Wildman–Crippen LogP) is 4.73. The van der Waals surface area contributed by atoms with E-state index in [1.165, 1.54) is 12.1 Å². The topological polar surface area (TPSA) is 59.2 Å². The van der Waals surface area contributed by atoms with Gasteiger partial charge in [-0.3, -0.25) is 4.79 Å². The zero-order chi connectivity index (χ0) is 19.7. The number of aromatic nitrogens is 1. The Morgan fingerprint density at radius 1 is 1.11 bits per heavy atom. The molecule has 1 aromatic heterocycles. The molecule has 1 heterocycles. The van der Waals surface area contributed by atoms with E-state index in [4.69, 9.17) is 4.74 Å². The maximum absolute atomic E-state index is 13.2. The quantitative estimate of drug-likeness (QED) is 0.669. The monoisotopic (exact) mass is 377 g/mol. The highest BCUT2D eigenvalue weighted by atomic mass is 19.1. The van der Waals surface area contributed by atoms with Crippen LogP contribution in [-0.2, 0) is 17.8 Å². The minimum Gasteiger partial charge on any atom is -0.456 e. The molecule has 28 heavy (non-hydrogen) atoms. The highest BCUT2D eigenvalue weighted by Gasteiger charge is 2.32. The zero-order valence-corrected chi connectivity index (χ0v) is 15.5. The minimum absolute atomic E-state index is 0.00793. The number of Topliss-reactive ketones (excluding diaryl/α,β-unsaturated/α-hetero) is 1. The van der Waals surface area contributed by atoms with Gasteiger partial charge in [-0.05, 0) is 48.1 Å². The molecule has 3 aromatic rings. The van der Waals surface area contributed by atoms with Gasteiger partial charge in [0.05, 0.1) is 0 Å². The van der Waals surface area contributed by atoms with E-state index in [9.17, 15) is 14.0 Å². The Morgan fingerprint density at radius 2 is 1.82 bits per heavy atom. The molecule has 5 heteroatoms. The number of rotatable bonds is 4. The van der Waals surface area contributed by atoms with Crippen LogP contribution in [0.5, 0.6) is 0 Å². The lowest BCUT2D eigenvalue weighted by Gasteiger charge is -2.22. The summed E-state index contributed by atoms with van der Waals surface area (Å²) in [4.78, 5) is 28.4. The van der Waals surface area contributed by atoms with Crippen molar-refractivity contribution < 1.29 is 18.7 Å². The standard InChI is InChI=1S/C23H20FNO3/c1-14-21-19(11-17(12-20(21)26)16-7-9-18(24)10-8-16)25-22(14)23(27)28-13-15-5-3-2-4-6-15/h2-10,17,25H,11-13H2,1H3/t17-/m1/s1. The van der Waals surface area contributed by atoms with Crippen molar-refractivity contribution in [3.8, 4) is 0 Å². The first kappa shape index (κ1) is 18.2. The summed E-state index contributed by atoms with van der Waals surface area (Å²) in [6, 6.07) is 15.7. The Bertz CT molecular complexity index is 1020. The molecule has 0 amide bonds. The third-order valence-electron chi connectivity index (χ3n) is 5.25. The zero-order valence-electron chi connectivity index (χ0n) is 15.5. The van der Waals surface area contributed by atoms with Crippen molar-refractivity contribution in [2.24, 2.45) is 0 Å². The molecule has 4 nitrogen and oxygen atoms in total. The minimum atomic E-state index is -0.470. The smallest absolute Gasteiger partial charge is 0.355 e. The number of H-pyrrole nitrogens is 1. The molecule has 0 aliphatic heterocycles. The van der Waals surface area contributed by atoms with E-state index in [2.05, 4.69) is 4.98 Å². The summed E-state index contributed by atoms with van der Waals surface area (Å²) in [6.07, 6.45) is 0.940. The van der Waals surface area contributed by atoms with Crippen LogP contribution < -0.4 is 0 Å². The fraction of sp³-hybridized carbons (Fsp3) is 0.217. The number of ether oxygens (including phenoxy) is 1. The molecule has 0 fully saturated rings. The van der Waals surface area contributed by atoms with Gasteiger partial charge in [0.15, 0.2) is 5.78 Å². The van der Waals surface area contributed by atoms with E-state index < -0.39 is 5.97 Å². The number of hydrogen-bond acceptors (Lipinski definition) is 3. The number of fused-ring (bicyclic) bond motifs is 1. The first-order valence-corrected chi connectivity index (χ1v) is 9.24. The number of carbonyl (C=O) groups excluding carboxylic acids is 2. The highest BCUT2D eigenvalue weighted by molar-refractivity contribution is 6.03. The molecule has 0 bridgehead atoms. The molecule has 0 spiro atoms. The Morgan fingerprint density at radius 3 is 2.54 bits per heavy atom. The van der Waals surface area contributed by atoms with Crippen molar-refractivity contribution in [1.29, 1.82) is 0 Å². The van der Waals surface area contributed by atoms with Crippen LogP contribution in [0.1, 0.15) is 55.6 Å². The largest absolute Gasteiger partial charge is 0.456 e. The van der Waals surface area contributed by atoms with Crippen molar-refractivity contribution in [3.05, 3.63) is 94.1 Å². The van der Waals surface area contributed by atoms with Gasteiger partial charge in [-0.15, -0.1) is 0 Å². The molecule has 0 radical (unpaired) electrons. The highest BCUT2D eigenvalue weighted by Crippen LogP contribution is 2.35. The molecule has 1 atom stereocenters. The fourth-order valence-corrected chi connectivity index (χ4v) is 3.80. The van der Waals surface area contributed by atoms with E-state index in [0.717, 1.165) is 16.8 Å². The van der Waals surface area contributed by atoms with Gasteiger partial charge in [0.1, 0.15) is 18.1 Å². The van der Waals surface area contributed by atoms with E-state index in [1.807, 2.05) is 30.3 Å². The number of ketones is 1. The average molecular weight is 377 g/mol. The molecule has 0 unspecified atom stereocenters. The van der Waals surface area contributed by atoms with Crippen molar-refractivity contribution in [2.75, 3.05) is 0 Å². The van der Waals surface area contributed by atoms with Crippen LogP contribution in [0.25, 0.3) is 0 Å². The molecular weight excluding hydrogens is 357 g/mol.